The number of likely N-dealkylation sites (N-methyl/N-ethyl adjacent to an activating group) is 2. The number of likely N-dealkylation sites (tertiary alicyclic amines) is 2. The van der Waals surface area contributed by atoms with Crippen LogP contribution in [0.25, 0.3) is 45.3 Å². The molecule has 0 bridgehead atoms. The summed E-state index contributed by atoms with van der Waals surface area (Å²) in [6.07, 6.45) is 3.87. The molecule has 3 amide bonds. The second-order valence-corrected chi connectivity index (χ2v) is 15.7. The van der Waals surface area contributed by atoms with E-state index in [4.69, 9.17) is 10.5 Å². The first-order chi connectivity index (χ1) is 31.5. The van der Waals surface area contributed by atoms with E-state index in [1.807, 2.05) is 38.1 Å². The van der Waals surface area contributed by atoms with Gasteiger partial charge in [-0.3, -0.25) is 24.4 Å². The van der Waals surface area contributed by atoms with Gasteiger partial charge in [-0.1, -0.05) is 47.9 Å². The Balaban J connectivity index is 0.000000197. The Kier molecular flexibility index (Phi) is 13.4. The Labute approximate surface area is 381 Å². The van der Waals surface area contributed by atoms with Crippen molar-refractivity contribution in [2.75, 3.05) is 33.8 Å². The van der Waals surface area contributed by atoms with Gasteiger partial charge in [0.05, 0.1) is 18.0 Å². The molecule has 4 aromatic heterocycles. The van der Waals surface area contributed by atoms with Crippen LogP contribution in [0.5, 0.6) is 0 Å². The molecule has 0 spiro atoms. The van der Waals surface area contributed by atoms with Crippen LogP contribution in [0.1, 0.15) is 63.3 Å². The highest BCUT2D eigenvalue weighted by molar-refractivity contribution is 5.93. The van der Waals surface area contributed by atoms with Gasteiger partial charge in [0.25, 0.3) is 17.7 Å². The average Bonchev–Trinajstić information content (AvgIpc) is 3.74. The first-order valence-electron chi connectivity index (χ1n) is 20.9. The van der Waals surface area contributed by atoms with Gasteiger partial charge < -0.3 is 30.5 Å². The van der Waals surface area contributed by atoms with Gasteiger partial charge in [0.1, 0.15) is 5.69 Å². The summed E-state index contributed by atoms with van der Waals surface area (Å²) in [7, 11) is 3.27. The predicted octanol–water partition coefficient (Wildman–Crippen LogP) is 4.19. The zero-order valence-corrected chi connectivity index (χ0v) is 36.9. The van der Waals surface area contributed by atoms with Crippen LogP contribution in [-0.4, -0.2) is 119 Å². The maximum Gasteiger partial charge on any atom is 0.357 e. The maximum atomic E-state index is 12.5. The number of carbonyl (C=O) groups excluding carboxylic acids is 4. The molecule has 2 fully saturated rings. The molecule has 2 aliphatic heterocycles. The Bertz CT molecular complexity index is 2990. The molecule has 0 saturated carbocycles. The molecule has 6 heterocycles. The van der Waals surface area contributed by atoms with Crippen molar-refractivity contribution in [2.45, 2.75) is 44.8 Å². The van der Waals surface area contributed by atoms with Crippen molar-refractivity contribution in [1.29, 1.82) is 0 Å². The number of benzene rings is 2. The third kappa shape index (κ3) is 10.4. The molecule has 2 atom stereocenters. The predicted molar refractivity (Wildman–Crippen MR) is 244 cm³/mol. The van der Waals surface area contributed by atoms with E-state index in [0.29, 0.717) is 58.4 Å². The van der Waals surface area contributed by atoms with Gasteiger partial charge in [-0.2, -0.15) is 0 Å². The Morgan fingerprint density at radius 2 is 1.12 bits per heavy atom. The van der Waals surface area contributed by atoms with E-state index >= 15 is 0 Å². The van der Waals surface area contributed by atoms with Gasteiger partial charge in [-0.05, 0) is 81.4 Å². The molecule has 16 nitrogen and oxygen atoms in total. The number of aromatic nitrogens is 6. The summed E-state index contributed by atoms with van der Waals surface area (Å²) < 4.78 is 5.15. The molecule has 2 saturated heterocycles. The van der Waals surface area contributed by atoms with Crippen molar-refractivity contribution < 1.29 is 34.1 Å². The standard InChI is InChI=1S/C26H24N4O4.C24H21N5O3/c1-4-34-24(31)22-15-21(20-9-8-17(2)27-16-20)28-23(29-22)19-7-5-6-18(14-19)10-11-26(33)12-13-30(3)25(26)32;1-15-6-7-18(14-26-15)19-13-20(21(25)30)28-22(27-19)17-5-3-4-16(12-17)8-9-24(32)10-11-29(2)23(24)31/h5-9,14-16,33H,4,12-13H2,1-3H3;3-7,12-14,32H,10-11H2,1-2H3,(H2,25,30)/t26-;24-/m00/s1. The lowest BCUT2D eigenvalue weighted by Crippen LogP contribution is -2.37. The van der Waals surface area contributed by atoms with E-state index in [1.165, 1.54) is 15.9 Å². The van der Waals surface area contributed by atoms with Gasteiger partial charge in [0.2, 0.25) is 11.2 Å². The number of hydrogen-bond donors (Lipinski definition) is 3. The number of carbonyl (C=O) groups is 4. The molecular weight excluding hydrogens is 839 g/mol. The van der Waals surface area contributed by atoms with Crippen molar-refractivity contribution in [2.24, 2.45) is 5.73 Å². The third-order valence-electron chi connectivity index (χ3n) is 10.7. The monoisotopic (exact) mass is 883 g/mol. The second-order valence-electron chi connectivity index (χ2n) is 15.7. The van der Waals surface area contributed by atoms with Crippen LogP contribution in [-0.2, 0) is 14.3 Å². The van der Waals surface area contributed by atoms with Gasteiger partial charge in [0, 0.05) is 97.2 Å². The number of pyridine rings is 2. The first kappa shape index (κ1) is 45.8. The maximum absolute atomic E-state index is 12.5. The molecule has 0 unspecified atom stereocenters. The molecular formula is C50H45N9O7. The van der Waals surface area contributed by atoms with Gasteiger partial charge in [-0.25, -0.2) is 24.7 Å². The summed E-state index contributed by atoms with van der Waals surface area (Å²) in [5, 5.41) is 21.1. The van der Waals surface area contributed by atoms with Crippen molar-refractivity contribution in [3.8, 4) is 69.0 Å². The van der Waals surface area contributed by atoms with Crippen LogP contribution >= 0.6 is 0 Å². The number of ether oxygens (including phenoxy) is 1. The number of nitrogens with two attached hydrogens (primary N) is 1. The lowest BCUT2D eigenvalue weighted by molar-refractivity contribution is -0.138. The van der Waals surface area contributed by atoms with Crippen molar-refractivity contribution >= 4 is 23.7 Å². The fraction of sp³-hybridized carbons (Fsp3) is 0.240. The van der Waals surface area contributed by atoms with Crippen molar-refractivity contribution in [3.05, 3.63) is 131 Å². The zero-order valence-electron chi connectivity index (χ0n) is 36.9. The van der Waals surface area contributed by atoms with E-state index in [2.05, 4.69) is 53.6 Å². The molecule has 66 heavy (non-hydrogen) atoms. The number of primary amides is 1. The third-order valence-corrected chi connectivity index (χ3v) is 10.7. The normalized spacial score (nSPS) is 17.5. The minimum Gasteiger partial charge on any atom is -0.461 e. The molecule has 332 valence electrons. The van der Waals surface area contributed by atoms with Crippen LogP contribution in [0.3, 0.4) is 0 Å². The van der Waals surface area contributed by atoms with Crippen LogP contribution in [0.4, 0.5) is 0 Å². The fourth-order valence-electron chi connectivity index (χ4n) is 6.89. The highest BCUT2D eigenvalue weighted by Gasteiger charge is 2.43. The first-order valence-corrected chi connectivity index (χ1v) is 20.9. The van der Waals surface area contributed by atoms with Gasteiger partial charge in [-0.15, -0.1) is 0 Å². The summed E-state index contributed by atoms with van der Waals surface area (Å²) in [6, 6.07) is 24.7. The smallest absolute Gasteiger partial charge is 0.357 e. The highest BCUT2D eigenvalue weighted by atomic mass is 16.5. The number of rotatable bonds is 7. The number of nitrogens with zero attached hydrogens (tertiary/aromatic N) is 8. The average molecular weight is 884 g/mol. The summed E-state index contributed by atoms with van der Waals surface area (Å²) in [5.74, 6) is 9.77. The largest absolute Gasteiger partial charge is 0.461 e. The van der Waals surface area contributed by atoms with E-state index < -0.39 is 34.9 Å². The fourth-order valence-corrected chi connectivity index (χ4v) is 6.89. The lowest BCUT2D eigenvalue weighted by atomic mass is 10.0. The van der Waals surface area contributed by atoms with Crippen molar-refractivity contribution in [1.82, 2.24) is 39.7 Å². The van der Waals surface area contributed by atoms with Gasteiger partial charge >= 0.3 is 5.97 Å². The number of esters is 1. The molecule has 0 radical (unpaired) electrons. The molecule has 16 heteroatoms. The summed E-state index contributed by atoms with van der Waals surface area (Å²) in [4.78, 5) is 78.1. The Morgan fingerprint density at radius 1 is 0.667 bits per heavy atom. The van der Waals surface area contributed by atoms with Crippen LogP contribution in [0, 0.1) is 37.5 Å². The summed E-state index contributed by atoms with van der Waals surface area (Å²) >= 11 is 0. The number of aryl methyl sites for hydroxylation is 2. The molecule has 0 aliphatic carbocycles. The van der Waals surface area contributed by atoms with Crippen molar-refractivity contribution in [3.63, 3.8) is 0 Å². The lowest BCUT2D eigenvalue weighted by Gasteiger charge is -2.13. The topological polar surface area (TPSA) is 228 Å². The van der Waals surface area contributed by atoms with E-state index in [9.17, 15) is 29.4 Å². The molecule has 2 aliphatic rings. The van der Waals surface area contributed by atoms with E-state index in [1.54, 1.807) is 88.0 Å². The minimum atomic E-state index is -1.68. The second kappa shape index (κ2) is 19.3. The Morgan fingerprint density at radius 3 is 1.52 bits per heavy atom. The summed E-state index contributed by atoms with van der Waals surface area (Å²) in [6.45, 7) is 6.63. The van der Waals surface area contributed by atoms with Crippen LogP contribution < -0.4 is 5.73 Å². The summed E-state index contributed by atoms with van der Waals surface area (Å²) in [5.41, 5.74) is 8.96. The highest BCUT2D eigenvalue weighted by Crippen LogP contribution is 2.27. The Hall–Kier alpha value is -8.18. The van der Waals surface area contributed by atoms with Gasteiger partial charge in [0.15, 0.2) is 17.3 Å². The molecule has 2 aromatic carbocycles. The minimum absolute atomic E-state index is 0.0796. The quantitative estimate of drug-likeness (QED) is 0.151. The van der Waals surface area contributed by atoms with Crippen LogP contribution in [0.15, 0.2) is 97.3 Å². The SMILES string of the molecule is CCOC(=O)c1cc(-c2ccc(C)nc2)nc(-c2cccc(C#C[C@]3(O)CCN(C)C3=O)c2)n1.Cc1ccc(-c2cc(C(N)=O)nc(-c3cccc(C#C[C@]4(O)CCN(C)C4=O)c3)n2)cn1. The zero-order chi connectivity index (χ0) is 47.2. The molecule has 6 aromatic rings. The number of aliphatic hydroxyl groups is 2. The van der Waals surface area contributed by atoms with Crippen LogP contribution in [0.2, 0.25) is 0 Å². The van der Waals surface area contributed by atoms with E-state index in [-0.39, 0.29) is 30.8 Å². The number of amides is 3. The molecule has 4 N–H and O–H groups in total. The molecule has 8 rings (SSSR count). The van der Waals surface area contributed by atoms with E-state index in [0.717, 1.165) is 22.5 Å². The number of hydrogen-bond acceptors (Lipinski definition) is 13.